The van der Waals surface area contributed by atoms with Gasteiger partial charge in [0.15, 0.2) is 0 Å². The van der Waals surface area contributed by atoms with Crippen LogP contribution in [-0.2, 0) is 19.2 Å². The summed E-state index contributed by atoms with van der Waals surface area (Å²) in [4.78, 5) is 53.5. The summed E-state index contributed by atoms with van der Waals surface area (Å²) < 4.78 is 0. The maximum Gasteiger partial charge on any atom is 0.353 e. The number of aliphatic carboxylic acids is 1. The van der Waals surface area contributed by atoms with Crippen molar-refractivity contribution in [2.75, 3.05) is 19.6 Å². The number of piperidine rings is 1. The summed E-state index contributed by atoms with van der Waals surface area (Å²) in [5, 5.41) is 13.3. The van der Waals surface area contributed by atoms with Crippen LogP contribution in [0.5, 0.6) is 0 Å². The van der Waals surface area contributed by atoms with Crippen LogP contribution in [0.4, 0.5) is 0 Å². The Bertz CT molecular complexity index is 891. The first-order valence-electron chi connectivity index (χ1n) is 11.8. The SMILES string of the molecule is CC(=O)C[C@H](C)[C@H]1C(=O)N2C(C(=O)O)=C(S[C@@H]3CN[C@H](C(=O)N4CCC(N)CC4)C3)[C@H](C)C12.[HH]. The van der Waals surface area contributed by atoms with Gasteiger partial charge < -0.3 is 30.8 Å². The van der Waals surface area contributed by atoms with Gasteiger partial charge in [0.2, 0.25) is 11.8 Å². The zero-order valence-electron chi connectivity index (χ0n) is 19.5. The maximum atomic E-state index is 12.9. The number of carbonyl (C=O) groups is 4. The largest absolute Gasteiger partial charge is 0.477 e. The zero-order chi connectivity index (χ0) is 24.0. The molecule has 0 aliphatic carbocycles. The van der Waals surface area contributed by atoms with Crippen molar-refractivity contribution < 1.29 is 25.7 Å². The summed E-state index contributed by atoms with van der Waals surface area (Å²) in [7, 11) is 0. The molecule has 4 aliphatic heterocycles. The molecule has 0 aromatic heterocycles. The molecule has 4 heterocycles. The van der Waals surface area contributed by atoms with Crippen molar-refractivity contribution in [1.82, 2.24) is 15.1 Å². The number of thioether (sulfide) groups is 1. The summed E-state index contributed by atoms with van der Waals surface area (Å²) >= 11 is 1.49. The lowest BCUT2D eigenvalue weighted by Gasteiger charge is -2.47. The minimum atomic E-state index is -1.10. The van der Waals surface area contributed by atoms with Gasteiger partial charge >= 0.3 is 5.97 Å². The molecule has 184 valence electrons. The fourth-order valence-electron chi connectivity index (χ4n) is 5.85. The third-order valence-corrected chi connectivity index (χ3v) is 9.06. The number of carboxylic acid groups (broad SMARTS) is 1. The number of nitrogens with zero attached hydrogens (tertiary/aromatic N) is 2. The summed E-state index contributed by atoms with van der Waals surface area (Å²) in [5.41, 5.74) is 6.03. The fraction of sp³-hybridized carbons (Fsp3) is 0.739. The number of carbonyl (C=O) groups excluding carboxylic acids is 3. The normalized spacial score (nSPS) is 33.2. The molecule has 4 N–H and O–H groups in total. The molecular weight excluding hydrogens is 444 g/mol. The van der Waals surface area contributed by atoms with Crippen molar-refractivity contribution >= 4 is 35.3 Å². The van der Waals surface area contributed by atoms with E-state index >= 15 is 0 Å². The highest BCUT2D eigenvalue weighted by atomic mass is 32.2. The summed E-state index contributed by atoms with van der Waals surface area (Å²) in [6.07, 6.45) is 2.57. The predicted octanol–water partition coefficient (Wildman–Crippen LogP) is 1.03. The predicted molar refractivity (Wildman–Crippen MR) is 126 cm³/mol. The monoisotopic (exact) mass is 480 g/mol. The van der Waals surface area contributed by atoms with Crippen LogP contribution in [0.25, 0.3) is 0 Å². The molecule has 0 aromatic carbocycles. The molecule has 0 saturated carbocycles. The third-order valence-electron chi connectivity index (χ3n) is 7.55. The van der Waals surface area contributed by atoms with Crippen LogP contribution < -0.4 is 11.1 Å². The van der Waals surface area contributed by atoms with Crippen molar-refractivity contribution in [3.05, 3.63) is 10.6 Å². The fourth-order valence-corrected chi connectivity index (χ4v) is 7.33. The molecule has 1 unspecified atom stereocenters. The molecule has 4 rings (SSSR count). The van der Waals surface area contributed by atoms with Crippen LogP contribution in [0.3, 0.4) is 0 Å². The Morgan fingerprint density at radius 3 is 2.58 bits per heavy atom. The van der Waals surface area contributed by atoms with E-state index in [1.54, 1.807) is 0 Å². The zero-order valence-corrected chi connectivity index (χ0v) is 20.3. The number of rotatable bonds is 7. The van der Waals surface area contributed by atoms with Gasteiger partial charge in [0.25, 0.3) is 0 Å². The molecule has 4 aliphatic rings. The van der Waals surface area contributed by atoms with E-state index in [9.17, 15) is 24.3 Å². The number of amides is 2. The van der Waals surface area contributed by atoms with Gasteiger partial charge in [0.05, 0.1) is 18.0 Å². The third kappa shape index (κ3) is 4.44. The highest BCUT2D eigenvalue weighted by Crippen LogP contribution is 2.53. The Morgan fingerprint density at radius 1 is 1.30 bits per heavy atom. The Labute approximate surface area is 200 Å². The average molecular weight is 481 g/mol. The smallest absolute Gasteiger partial charge is 0.353 e. The highest BCUT2D eigenvalue weighted by Gasteiger charge is 2.60. The van der Waals surface area contributed by atoms with E-state index < -0.39 is 5.97 Å². The average Bonchev–Trinajstić information content (AvgIpc) is 3.30. The van der Waals surface area contributed by atoms with Crippen LogP contribution in [0.1, 0.15) is 47.9 Å². The van der Waals surface area contributed by atoms with Crippen molar-refractivity contribution in [2.45, 2.75) is 69.8 Å². The highest BCUT2D eigenvalue weighted by molar-refractivity contribution is 8.03. The van der Waals surface area contributed by atoms with Gasteiger partial charge in [-0.3, -0.25) is 9.59 Å². The second kappa shape index (κ2) is 9.38. The molecule has 6 atom stereocenters. The second-order valence-corrected chi connectivity index (χ2v) is 11.4. The van der Waals surface area contributed by atoms with E-state index in [0.717, 1.165) is 12.8 Å². The molecule has 9 nitrogen and oxygen atoms in total. The number of ketones is 1. The molecule has 10 heteroatoms. The van der Waals surface area contributed by atoms with E-state index in [1.165, 1.54) is 23.6 Å². The Hall–Kier alpha value is -1.91. The number of likely N-dealkylation sites (tertiary alicyclic amines) is 1. The quantitative estimate of drug-likeness (QED) is 0.460. The molecule has 0 radical (unpaired) electrons. The van der Waals surface area contributed by atoms with Crippen molar-refractivity contribution in [2.24, 2.45) is 23.5 Å². The van der Waals surface area contributed by atoms with Crippen LogP contribution in [0.15, 0.2) is 10.6 Å². The lowest BCUT2D eigenvalue weighted by molar-refractivity contribution is -0.160. The minimum Gasteiger partial charge on any atom is -0.477 e. The minimum absolute atomic E-state index is 0. The standard InChI is InChI=1S/C23H34N4O5S.H2/c1-11(8-12(2)28)17-18-13(3)20(19(23(31)32)27(18)22(17)30)33-15-9-16(25-10-15)21(29)26-6-4-14(24)5-7-26;/h11,13-18,25H,4-10,24H2,1-3H3,(H,31,32);1H/t11-,13+,15-,16-,17+,18?;/m0./s1. The van der Waals surface area contributed by atoms with E-state index in [-0.39, 0.29) is 65.9 Å². The van der Waals surface area contributed by atoms with Crippen LogP contribution in [0, 0.1) is 17.8 Å². The van der Waals surface area contributed by atoms with Crippen molar-refractivity contribution in [3.63, 3.8) is 0 Å². The summed E-state index contributed by atoms with van der Waals surface area (Å²) in [6.45, 7) is 7.35. The van der Waals surface area contributed by atoms with E-state index in [2.05, 4.69) is 5.32 Å². The van der Waals surface area contributed by atoms with Gasteiger partial charge in [-0.25, -0.2) is 4.79 Å². The number of fused-ring (bicyclic) bond motifs is 1. The molecule has 3 fully saturated rings. The van der Waals surface area contributed by atoms with Gasteiger partial charge in [-0.05, 0) is 32.1 Å². The topological polar surface area (TPSA) is 133 Å². The molecule has 33 heavy (non-hydrogen) atoms. The number of nitrogens with one attached hydrogen (secondary N) is 1. The molecule has 3 saturated heterocycles. The van der Waals surface area contributed by atoms with Gasteiger partial charge in [0, 0.05) is 49.6 Å². The van der Waals surface area contributed by atoms with Gasteiger partial charge in [0.1, 0.15) is 11.5 Å². The maximum absolute atomic E-state index is 12.9. The van der Waals surface area contributed by atoms with E-state index in [4.69, 9.17) is 5.73 Å². The van der Waals surface area contributed by atoms with Crippen LogP contribution in [0.2, 0.25) is 0 Å². The van der Waals surface area contributed by atoms with Crippen molar-refractivity contribution in [3.8, 4) is 0 Å². The van der Waals surface area contributed by atoms with E-state index in [1.807, 2.05) is 18.7 Å². The second-order valence-electron chi connectivity index (χ2n) is 10.0. The Kier molecular flexibility index (Phi) is 6.89. The van der Waals surface area contributed by atoms with Gasteiger partial charge in [-0.1, -0.05) is 13.8 Å². The molecule has 0 bridgehead atoms. The number of Topliss-reactive ketones (excluding diaryl/α,β-unsaturated/α-hetero) is 1. The lowest BCUT2D eigenvalue weighted by atomic mass is 9.73. The molecule has 2 amide bonds. The molecular formula is C23H36N4O5S. The lowest BCUT2D eigenvalue weighted by Crippen LogP contribution is -2.62. The Morgan fingerprint density at radius 2 is 1.97 bits per heavy atom. The number of β-lactam (4-membered cyclic amide) rings is 1. The van der Waals surface area contributed by atoms with Gasteiger partial charge in [-0.15, -0.1) is 11.8 Å². The van der Waals surface area contributed by atoms with E-state index in [0.29, 0.717) is 37.4 Å². The first kappa shape index (κ1) is 24.2. The number of nitrogens with two attached hydrogens (primary N) is 1. The van der Waals surface area contributed by atoms with Crippen molar-refractivity contribution in [1.29, 1.82) is 0 Å². The number of hydrogen-bond acceptors (Lipinski definition) is 7. The van der Waals surface area contributed by atoms with Gasteiger partial charge in [-0.2, -0.15) is 0 Å². The van der Waals surface area contributed by atoms with Crippen LogP contribution in [-0.4, -0.2) is 81.5 Å². The van der Waals surface area contributed by atoms with Crippen LogP contribution >= 0.6 is 11.8 Å². The first-order chi connectivity index (χ1) is 15.6. The molecule has 0 spiro atoms. The Balaban J connectivity index is 0.00000324. The molecule has 0 aromatic rings. The summed E-state index contributed by atoms with van der Waals surface area (Å²) in [6, 6.07) is -0.330. The first-order valence-corrected chi connectivity index (χ1v) is 12.7. The number of carboxylic acids is 1. The summed E-state index contributed by atoms with van der Waals surface area (Å²) in [5.74, 6) is -1.74. The number of hydrogen-bond donors (Lipinski definition) is 3.